The summed E-state index contributed by atoms with van der Waals surface area (Å²) in [5.41, 5.74) is -4.38. The van der Waals surface area contributed by atoms with Crippen molar-refractivity contribution in [2.45, 2.75) is 106 Å². The standard InChI is InChI=1S/C35H45N3O5/c1-29(2)22-8-9-33(6)23(32(22,5)17-21(19-36)27(29)40)16-25(39)35(42)24-18-31(4,28(41)38-20-26-37-14-15-43-26)11-10-30(24,3)12-13-34(33,35)7/h14-17,22,24,42H,8-13,18,20H2,1-7H3,(H,38,41)/t22-,24+,30+,31-,32-,33+,34-,35+/m0/s1. The summed E-state index contributed by atoms with van der Waals surface area (Å²) in [6.45, 7) is 14.5. The zero-order valence-electron chi connectivity index (χ0n) is 26.6. The van der Waals surface area contributed by atoms with Gasteiger partial charge in [0.05, 0.1) is 18.3 Å². The second-order valence-electron chi connectivity index (χ2n) is 16.0. The normalized spacial score (nSPS) is 44.9. The summed E-state index contributed by atoms with van der Waals surface area (Å²) in [6, 6.07) is 2.14. The van der Waals surface area contributed by atoms with Gasteiger partial charge >= 0.3 is 0 Å². The lowest BCUT2D eigenvalue weighted by Crippen LogP contribution is -2.74. The van der Waals surface area contributed by atoms with Crippen LogP contribution in [0.5, 0.6) is 0 Å². The van der Waals surface area contributed by atoms with Crippen molar-refractivity contribution in [3.05, 3.63) is 41.6 Å². The second kappa shape index (κ2) is 9.00. The zero-order chi connectivity index (χ0) is 31.4. The highest BCUT2D eigenvalue weighted by molar-refractivity contribution is 6.05. The first-order valence-corrected chi connectivity index (χ1v) is 15.8. The molecule has 1 heterocycles. The minimum absolute atomic E-state index is 0.0642. The Bertz CT molecular complexity index is 1520. The average Bonchev–Trinajstić information content (AvgIpc) is 3.48. The van der Waals surface area contributed by atoms with E-state index in [1.54, 1.807) is 12.3 Å². The lowest BCUT2D eigenvalue weighted by molar-refractivity contribution is -0.242. The molecule has 6 rings (SSSR count). The number of carbonyl (C=O) groups excluding carboxylic acids is 3. The van der Waals surface area contributed by atoms with Crippen molar-refractivity contribution >= 4 is 17.5 Å². The third-order valence-electron chi connectivity index (χ3n) is 13.7. The van der Waals surface area contributed by atoms with E-state index >= 15 is 0 Å². The lowest BCUT2D eigenvalue weighted by atomic mass is 9.33. The number of aromatic nitrogens is 1. The minimum Gasteiger partial charge on any atom is -0.447 e. The smallest absolute Gasteiger partial charge is 0.226 e. The number of nitrogens with one attached hydrogen (secondary N) is 1. The molecular weight excluding hydrogens is 542 g/mol. The lowest BCUT2D eigenvalue weighted by Gasteiger charge is -2.71. The van der Waals surface area contributed by atoms with Crippen molar-refractivity contribution in [2.75, 3.05) is 0 Å². The third kappa shape index (κ3) is 3.64. The molecule has 1 aromatic rings. The molecule has 43 heavy (non-hydrogen) atoms. The Morgan fingerprint density at radius 3 is 2.42 bits per heavy atom. The van der Waals surface area contributed by atoms with Crippen molar-refractivity contribution in [3.8, 4) is 6.07 Å². The molecule has 5 aliphatic carbocycles. The third-order valence-corrected chi connectivity index (χ3v) is 13.7. The molecule has 8 nitrogen and oxygen atoms in total. The molecule has 0 unspecified atom stereocenters. The van der Waals surface area contributed by atoms with E-state index in [-0.39, 0.29) is 40.9 Å². The van der Waals surface area contributed by atoms with E-state index in [4.69, 9.17) is 4.42 Å². The topological polar surface area (TPSA) is 133 Å². The Balaban J connectivity index is 1.43. The molecule has 0 aliphatic heterocycles. The Morgan fingerprint density at radius 1 is 1.07 bits per heavy atom. The fourth-order valence-corrected chi connectivity index (χ4v) is 10.7. The van der Waals surface area contributed by atoms with Gasteiger partial charge in [-0.25, -0.2) is 4.98 Å². The predicted molar refractivity (Wildman–Crippen MR) is 159 cm³/mol. The number of nitrogens with zero attached hydrogens (tertiary/aromatic N) is 2. The summed E-state index contributed by atoms with van der Waals surface area (Å²) in [4.78, 5) is 45.6. The maximum absolute atomic E-state index is 14.6. The number of hydrogen-bond acceptors (Lipinski definition) is 7. The largest absolute Gasteiger partial charge is 0.447 e. The molecule has 0 bridgehead atoms. The van der Waals surface area contributed by atoms with Crippen LogP contribution in [-0.4, -0.2) is 33.2 Å². The van der Waals surface area contributed by atoms with Crippen LogP contribution < -0.4 is 5.32 Å². The van der Waals surface area contributed by atoms with Crippen LogP contribution in [-0.2, 0) is 20.9 Å². The number of amides is 1. The van der Waals surface area contributed by atoms with Crippen LogP contribution >= 0.6 is 0 Å². The highest BCUT2D eigenvalue weighted by atomic mass is 16.3. The first kappa shape index (κ1) is 30.0. The van der Waals surface area contributed by atoms with Crippen LogP contribution in [0.2, 0.25) is 0 Å². The molecule has 1 aromatic heterocycles. The summed E-state index contributed by atoms with van der Waals surface area (Å²) in [7, 11) is 0. The molecule has 8 atom stereocenters. The Hall–Kier alpha value is -3.05. The number of aliphatic hydroxyl groups is 1. The Kier molecular flexibility index (Phi) is 6.28. The maximum Gasteiger partial charge on any atom is 0.226 e. The predicted octanol–water partition coefficient (Wildman–Crippen LogP) is 5.63. The molecule has 2 N–H and O–H groups in total. The van der Waals surface area contributed by atoms with E-state index in [0.717, 1.165) is 31.3 Å². The number of carbonyl (C=O) groups is 3. The number of hydrogen-bond donors (Lipinski definition) is 2. The van der Waals surface area contributed by atoms with Gasteiger partial charge in [-0.05, 0) is 73.3 Å². The summed E-state index contributed by atoms with van der Waals surface area (Å²) in [5, 5.41) is 25.9. The average molecular weight is 588 g/mol. The van der Waals surface area contributed by atoms with E-state index in [2.05, 4.69) is 44.1 Å². The molecule has 5 aliphatic rings. The van der Waals surface area contributed by atoms with Gasteiger partial charge < -0.3 is 14.8 Å². The van der Waals surface area contributed by atoms with Crippen LogP contribution in [0.25, 0.3) is 0 Å². The summed E-state index contributed by atoms with van der Waals surface area (Å²) in [5.74, 6) is -0.600. The number of fused-ring (bicyclic) bond motifs is 7. The number of rotatable bonds is 3. The van der Waals surface area contributed by atoms with E-state index in [1.807, 2.05) is 26.8 Å². The number of Topliss-reactive ketones (excluding diaryl/α,β-unsaturated/α-hetero) is 1. The van der Waals surface area contributed by atoms with Gasteiger partial charge in [0.1, 0.15) is 17.9 Å². The van der Waals surface area contributed by atoms with Crippen molar-refractivity contribution in [1.82, 2.24) is 10.3 Å². The second-order valence-corrected chi connectivity index (χ2v) is 16.0. The van der Waals surface area contributed by atoms with Gasteiger partial charge in [-0.3, -0.25) is 14.4 Å². The minimum atomic E-state index is -1.66. The highest BCUT2D eigenvalue weighted by Gasteiger charge is 2.75. The summed E-state index contributed by atoms with van der Waals surface area (Å²) in [6.07, 6.45) is 11.3. The molecule has 0 saturated heterocycles. The fourth-order valence-electron chi connectivity index (χ4n) is 10.7. The number of allylic oxidation sites excluding steroid dienone is 3. The van der Waals surface area contributed by atoms with Crippen molar-refractivity contribution < 1.29 is 23.9 Å². The van der Waals surface area contributed by atoms with Gasteiger partial charge in [0.2, 0.25) is 11.8 Å². The van der Waals surface area contributed by atoms with Crippen LogP contribution in [0.4, 0.5) is 0 Å². The van der Waals surface area contributed by atoms with E-state index in [1.165, 1.54) is 6.26 Å². The van der Waals surface area contributed by atoms with Crippen LogP contribution in [0, 0.1) is 55.7 Å². The summed E-state index contributed by atoms with van der Waals surface area (Å²) >= 11 is 0. The van der Waals surface area contributed by atoms with E-state index in [9.17, 15) is 24.8 Å². The van der Waals surface area contributed by atoms with E-state index in [0.29, 0.717) is 25.2 Å². The molecule has 0 radical (unpaired) electrons. The molecular formula is C35H45N3O5. The molecule has 230 valence electrons. The molecule has 8 heteroatoms. The molecule has 3 fully saturated rings. The number of nitriles is 1. The monoisotopic (exact) mass is 587 g/mol. The van der Waals surface area contributed by atoms with Crippen molar-refractivity contribution in [3.63, 3.8) is 0 Å². The van der Waals surface area contributed by atoms with Crippen LogP contribution in [0.1, 0.15) is 99.3 Å². The van der Waals surface area contributed by atoms with Crippen LogP contribution in [0.3, 0.4) is 0 Å². The van der Waals surface area contributed by atoms with Crippen molar-refractivity contribution in [2.24, 2.45) is 44.3 Å². The van der Waals surface area contributed by atoms with Crippen molar-refractivity contribution in [1.29, 1.82) is 5.26 Å². The van der Waals surface area contributed by atoms with Gasteiger partial charge in [-0.1, -0.05) is 54.5 Å². The van der Waals surface area contributed by atoms with Gasteiger partial charge in [0.15, 0.2) is 11.6 Å². The maximum atomic E-state index is 14.6. The summed E-state index contributed by atoms with van der Waals surface area (Å²) < 4.78 is 5.30. The highest BCUT2D eigenvalue weighted by Crippen LogP contribution is 2.75. The van der Waals surface area contributed by atoms with Gasteiger partial charge in [0.25, 0.3) is 0 Å². The molecule has 1 amide bonds. The number of ketones is 2. The Morgan fingerprint density at radius 2 is 1.77 bits per heavy atom. The van der Waals surface area contributed by atoms with Gasteiger partial charge in [-0.15, -0.1) is 0 Å². The van der Waals surface area contributed by atoms with Gasteiger partial charge in [-0.2, -0.15) is 5.26 Å². The fraction of sp³-hybridized carbons (Fsp3) is 0.686. The first-order chi connectivity index (χ1) is 19.9. The Labute approximate surface area is 254 Å². The van der Waals surface area contributed by atoms with E-state index < -0.39 is 38.6 Å². The molecule has 3 saturated carbocycles. The molecule has 0 aromatic carbocycles. The first-order valence-electron chi connectivity index (χ1n) is 15.8. The SMILES string of the molecule is CC1(C)C(=O)C(C#N)=C[C@]2(C)C3=CC(=O)[C@]4(O)[C@@H]5C[C@@](C)(C(=O)NCc6ncco6)CC[C@]5(C)CC[C@@]4(C)[C@]3(C)CC[C@@H]12. The molecule has 0 spiro atoms. The van der Waals surface area contributed by atoms with Crippen LogP contribution in [0.15, 0.2) is 40.2 Å². The zero-order valence-corrected chi connectivity index (χ0v) is 26.6. The quantitative estimate of drug-likeness (QED) is 0.469. The number of oxazole rings is 1. The van der Waals surface area contributed by atoms with Gasteiger partial charge in [0, 0.05) is 27.6 Å².